The zero-order valence-corrected chi connectivity index (χ0v) is 15.1. The summed E-state index contributed by atoms with van der Waals surface area (Å²) < 4.78 is 10.2. The quantitative estimate of drug-likeness (QED) is 0.827. The van der Waals surface area contributed by atoms with Crippen LogP contribution in [0.25, 0.3) is 0 Å². The summed E-state index contributed by atoms with van der Waals surface area (Å²) in [4.78, 5) is 25.8. The first kappa shape index (κ1) is 18.5. The Balaban J connectivity index is 2.26. The molecule has 0 aromatic heterocycles. The number of ether oxygens (including phenoxy) is 2. The molecule has 132 valence electrons. The minimum Gasteiger partial charge on any atom is -0.465 e. The van der Waals surface area contributed by atoms with Crippen molar-refractivity contribution in [1.29, 1.82) is 0 Å². The van der Waals surface area contributed by atoms with Crippen molar-refractivity contribution in [3.8, 4) is 0 Å². The third kappa shape index (κ3) is 4.39. The van der Waals surface area contributed by atoms with Crippen LogP contribution >= 0.6 is 11.6 Å². The lowest BCUT2D eigenvalue weighted by Crippen LogP contribution is -2.50. The molecule has 24 heavy (non-hydrogen) atoms. The first-order valence-electron chi connectivity index (χ1n) is 7.81. The van der Waals surface area contributed by atoms with Crippen LogP contribution in [0.1, 0.15) is 42.7 Å². The number of carbonyl (C=O) groups is 2. The predicted molar refractivity (Wildman–Crippen MR) is 91.3 cm³/mol. The van der Waals surface area contributed by atoms with Crippen molar-refractivity contribution in [3.63, 3.8) is 0 Å². The number of halogens is 1. The summed E-state index contributed by atoms with van der Waals surface area (Å²) in [5, 5.41) is 3.56. The van der Waals surface area contributed by atoms with E-state index in [-0.39, 0.29) is 12.1 Å². The van der Waals surface area contributed by atoms with E-state index in [0.717, 1.165) is 5.56 Å². The van der Waals surface area contributed by atoms with Gasteiger partial charge in [-0.25, -0.2) is 9.59 Å². The molecule has 1 heterocycles. The number of nitrogens with one attached hydrogen (secondary N) is 1. The van der Waals surface area contributed by atoms with Gasteiger partial charge in [0.15, 0.2) is 0 Å². The normalized spacial score (nSPS) is 18.2. The number of esters is 1. The van der Waals surface area contributed by atoms with Crippen molar-refractivity contribution in [1.82, 2.24) is 10.2 Å². The van der Waals surface area contributed by atoms with E-state index in [9.17, 15) is 9.59 Å². The van der Waals surface area contributed by atoms with E-state index >= 15 is 0 Å². The van der Waals surface area contributed by atoms with Crippen LogP contribution in [0.5, 0.6) is 0 Å². The van der Waals surface area contributed by atoms with Gasteiger partial charge in [0.25, 0.3) is 0 Å². The summed E-state index contributed by atoms with van der Waals surface area (Å²) >= 11 is 6.20. The van der Waals surface area contributed by atoms with Crippen molar-refractivity contribution in [2.75, 3.05) is 26.7 Å². The molecule has 0 bridgehead atoms. The molecule has 1 aromatic carbocycles. The molecule has 0 aliphatic carbocycles. The highest BCUT2D eigenvalue weighted by Gasteiger charge is 2.31. The molecular weight excluding hydrogens is 332 g/mol. The Morgan fingerprint density at radius 2 is 2.04 bits per heavy atom. The smallest absolute Gasteiger partial charge is 0.410 e. The number of benzene rings is 1. The van der Waals surface area contributed by atoms with Crippen LogP contribution in [0.4, 0.5) is 4.79 Å². The summed E-state index contributed by atoms with van der Waals surface area (Å²) in [6.45, 7) is 7.34. The van der Waals surface area contributed by atoms with Crippen molar-refractivity contribution in [2.24, 2.45) is 0 Å². The Labute approximate surface area is 147 Å². The topological polar surface area (TPSA) is 67.9 Å². The van der Waals surface area contributed by atoms with E-state index in [4.69, 9.17) is 21.1 Å². The predicted octanol–water partition coefficient (Wildman–Crippen LogP) is 3.01. The first-order valence-corrected chi connectivity index (χ1v) is 8.19. The van der Waals surface area contributed by atoms with Crippen molar-refractivity contribution in [3.05, 3.63) is 34.3 Å². The molecule has 1 unspecified atom stereocenters. The lowest BCUT2D eigenvalue weighted by atomic mass is 10.0. The summed E-state index contributed by atoms with van der Waals surface area (Å²) in [5.41, 5.74) is 0.583. The van der Waals surface area contributed by atoms with E-state index in [0.29, 0.717) is 30.2 Å². The van der Waals surface area contributed by atoms with Gasteiger partial charge < -0.3 is 14.8 Å². The zero-order valence-electron chi connectivity index (χ0n) is 14.4. The highest BCUT2D eigenvalue weighted by atomic mass is 35.5. The summed E-state index contributed by atoms with van der Waals surface area (Å²) in [6.07, 6.45) is -0.359. The molecule has 0 radical (unpaired) electrons. The SMILES string of the molecule is COC(=O)c1ccc(C2CNCCN2C(=O)OC(C)(C)C)cc1Cl. The lowest BCUT2D eigenvalue weighted by molar-refractivity contribution is 0.0117. The molecule has 1 aliphatic heterocycles. The third-order valence-electron chi connectivity index (χ3n) is 3.65. The number of carbonyl (C=O) groups excluding carboxylic acids is 2. The molecule has 6 nitrogen and oxygen atoms in total. The van der Waals surface area contributed by atoms with Gasteiger partial charge in [0.1, 0.15) is 5.60 Å². The number of hydrogen-bond donors (Lipinski definition) is 1. The number of methoxy groups -OCH3 is 1. The maximum absolute atomic E-state index is 12.5. The van der Waals surface area contributed by atoms with Crippen LogP contribution in [0.15, 0.2) is 18.2 Å². The molecule has 1 fully saturated rings. The van der Waals surface area contributed by atoms with Gasteiger partial charge in [-0.15, -0.1) is 0 Å². The second-order valence-electron chi connectivity index (χ2n) is 6.62. The average Bonchev–Trinajstić information content (AvgIpc) is 2.52. The molecule has 0 saturated carbocycles. The molecule has 2 rings (SSSR count). The Bertz CT molecular complexity index is 628. The van der Waals surface area contributed by atoms with Gasteiger partial charge in [-0.1, -0.05) is 17.7 Å². The highest BCUT2D eigenvalue weighted by Crippen LogP contribution is 2.28. The number of amides is 1. The summed E-state index contributed by atoms with van der Waals surface area (Å²) in [7, 11) is 1.31. The van der Waals surface area contributed by atoms with Crippen LogP contribution < -0.4 is 5.32 Å². The first-order chi connectivity index (χ1) is 11.2. The van der Waals surface area contributed by atoms with E-state index in [1.54, 1.807) is 23.1 Å². The van der Waals surface area contributed by atoms with Crippen molar-refractivity contribution < 1.29 is 19.1 Å². The van der Waals surface area contributed by atoms with Crippen LogP contribution in [-0.4, -0.2) is 49.3 Å². The van der Waals surface area contributed by atoms with Gasteiger partial charge >= 0.3 is 12.1 Å². The summed E-state index contributed by atoms with van der Waals surface area (Å²) in [5.74, 6) is -0.489. The molecule has 0 spiro atoms. The number of rotatable bonds is 2. The molecule has 1 saturated heterocycles. The number of piperazine rings is 1. The monoisotopic (exact) mass is 354 g/mol. The minimum absolute atomic E-state index is 0.210. The van der Waals surface area contributed by atoms with Crippen molar-refractivity contribution >= 4 is 23.7 Å². The van der Waals surface area contributed by atoms with Gasteiger partial charge in [0.05, 0.1) is 23.7 Å². The fourth-order valence-electron chi connectivity index (χ4n) is 2.56. The van der Waals surface area contributed by atoms with E-state index < -0.39 is 11.6 Å². The van der Waals surface area contributed by atoms with Gasteiger partial charge in [-0.05, 0) is 38.5 Å². The van der Waals surface area contributed by atoms with Gasteiger partial charge in [0, 0.05) is 19.6 Å². The highest BCUT2D eigenvalue weighted by molar-refractivity contribution is 6.33. The van der Waals surface area contributed by atoms with Gasteiger partial charge in [-0.3, -0.25) is 4.90 Å². The molecule has 1 aromatic rings. The average molecular weight is 355 g/mol. The maximum Gasteiger partial charge on any atom is 0.410 e. The van der Waals surface area contributed by atoms with Crippen LogP contribution in [0.2, 0.25) is 5.02 Å². The maximum atomic E-state index is 12.5. The molecule has 1 atom stereocenters. The Morgan fingerprint density at radius 3 is 2.62 bits per heavy atom. The fourth-order valence-corrected chi connectivity index (χ4v) is 2.82. The lowest BCUT2D eigenvalue weighted by Gasteiger charge is -2.37. The molecule has 1 aliphatic rings. The van der Waals surface area contributed by atoms with Crippen LogP contribution in [-0.2, 0) is 9.47 Å². The number of nitrogens with zero attached hydrogens (tertiary/aromatic N) is 1. The van der Waals surface area contributed by atoms with E-state index in [1.807, 2.05) is 20.8 Å². The van der Waals surface area contributed by atoms with Gasteiger partial charge in [-0.2, -0.15) is 0 Å². The second-order valence-corrected chi connectivity index (χ2v) is 7.03. The molecule has 1 N–H and O–H groups in total. The zero-order chi connectivity index (χ0) is 17.9. The Hall–Kier alpha value is -1.79. The van der Waals surface area contributed by atoms with Crippen LogP contribution in [0, 0.1) is 0 Å². The summed E-state index contributed by atoms with van der Waals surface area (Å²) in [6, 6.07) is 4.89. The molecule has 7 heteroatoms. The largest absolute Gasteiger partial charge is 0.465 e. The third-order valence-corrected chi connectivity index (χ3v) is 3.97. The van der Waals surface area contributed by atoms with Gasteiger partial charge in [0.2, 0.25) is 0 Å². The van der Waals surface area contributed by atoms with E-state index in [2.05, 4.69) is 5.32 Å². The minimum atomic E-state index is -0.557. The Morgan fingerprint density at radius 1 is 1.33 bits per heavy atom. The number of hydrogen-bond acceptors (Lipinski definition) is 5. The standard InChI is InChI=1S/C17H23ClN2O4/c1-17(2,3)24-16(22)20-8-7-19-10-14(20)11-5-6-12(13(18)9-11)15(21)23-4/h5-6,9,14,19H,7-8,10H2,1-4H3. The Kier molecular flexibility index (Phi) is 5.72. The fraction of sp³-hybridized carbons (Fsp3) is 0.529. The van der Waals surface area contributed by atoms with Crippen molar-refractivity contribution in [2.45, 2.75) is 32.4 Å². The second kappa shape index (κ2) is 7.40. The van der Waals surface area contributed by atoms with E-state index in [1.165, 1.54) is 7.11 Å². The molecular formula is C17H23ClN2O4. The van der Waals surface area contributed by atoms with Crippen LogP contribution in [0.3, 0.4) is 0 Å². The molecule has 1 amide bonds.